The quantitative estimate of drug-likeness (QED) is 0.292. The number of urea groups is 1. The van der Waals surface area contributed by atoms with E-state index in [0.29, 0.717) is 13.2 Å². The van der Waals surface area contributed by atoms with Crippen LogP contribution in [0.3, 0.4) is 0 Å². The molecule has 0 unspecified atom stereocenters. The lowest BCUT2D eigenvalue weighted by Crippen LogP contribution is -2.23. The number of hydrogen-bond donors (Lipinski definition) is 2. The van der Waals surface area contributed by atoms with Crippen molar-refractivity contribution in [2.75, 3.05) is 18.5 Å². The number of amides is 2. The summed E-state index contributed by atoms with van der Waals surface area (Å²) in [4.78, 5) is 12.0. The molecule has 5 nitrogen and oxygen atoms in total. The summed E-state index contributed by atoms with van der Waals surface area (Å²) in [5.41, 5.74) is -0.753. The lowest BCUT2D eigenvalue weighted by atomic mass is 10.2. The van der Waals surface area contributed by atoms with E-state index in [2.05, 4.69) is 23.9 Å². The van der Waals surface area contributed by atoms with Crippen LogP contribution >= 0.6 is 17.3 Å². The van der Waals surface area contributed by atoms with E-state index in [0.717, 1.165) is 48.5 Å². The standard InChI is InChI=1S/C16H27N2O3PS2/c1-4-6-11-20-22(23,21-12-7-5-2)24-18-16(19)17-15-10-8-9-14(3)13-15/h8-10,13H,4-7,11-12H2,1-3H3,(H2,17,18,19). The third-order valence-corrected chi connectivity index (χ3v) is 7.40. The Hall–Kier alpha value is -0.590. The summed E-state index contributed by atoms with van der Waals surface area (Å²) >= 11 is 6.60. The molecule has 2 amide bonds. The fourth-order valence-electron chi connectivity index (χ4n) is 1.71. The molecule has 136 valence electrons. The molecule has 0 atom stereocenters. The number of anilines is 1. The van der Waals surface area contributed by atoms with Crippen LogP contribution in [0.1, 0.15) is 45.1 Å². The van der Waals surface area contributed by atoms with Gasteiger partial charge >= 0.3 is 6.03 Å². The van der Waals surface area contributed by atoms with Crippen LogP contribution in [0, 0.1) is 6.92 Å². The number of nitrogens with one attached hydrogen (secondary N) is 2. The molecule has 2 N–H and O–H groups in total. The highest BCUT2D eigenvalue weighted by molar-refractivity contribution is 8.67. The summed E-state index contributed by atoms with van der Waals surface area (Å²) in [5, 5.41) is 2.78. The van der Waals surface area contributed by atoms with Crippen molar-refractivity contribution >= 4 is 40.8 Å². The van der Waals surface area contributed by atoms with Crippen LogP contribution in [0.4, 0.5) is 10.5 Å². The van der Waals surface area contributed by atoms with E-state index >= 15 is 0 Å². The van der Waals surface area contributed by atoms with Gasteiger partial charge in [-0.05, 0) is 49.3 Å². The number of unbranched alkanes of at least 4 members (excludes halogenated alkanes) is 2. The van der Waals surface area contributed by atoms with E-state index in [1.807, 2.05) is 31.2 Å². The summed E-state index contributed by atoms with van der Waals surface area (Å²) in [6.07, 6.45) is 3.89. The van der Waals surface area contributed by atoms with E-state index < -0.39 is 5.69 Å². The molecule has 0 aromatic heterocycles. The highest BCUT2D eigenvalue weighted by Crippen LogP contribution is 2.59. The predicted molar refractivity (Wildman–Crippen MR) is 107 cm³/mol. The zero-order chi connectivity index (χ0) is 17.8. The number of benzene rings is 1. The highest BCUT2D eigenvalue weighted by Gasteiger charge is 2.22. The number of aryl methyl sites for hydroxylation is 1. The summed E-state index contributed by atoms with van der Waals surface area (Å²) in [6, 6.07) is 7.27. The minimum absolute atomic E-state index is 0.335. The van der Waals surface area contributed by atoms with E-state index in [1.165, 1.54) is 0 Å². The molecule has 0 spiro atoms. The Morgan fingerprint density at radius 3 is 2.38 bits per heavy atom. The maximum atomic E-state index is 12.0. The van der Waals surface area contributed by atoms with E-state index in [-0.39, 0.29) is 6.03 Å². The Morgan fingerprint density at radius 2 is 1.83 bits per heavy atom. The molecule has 1 aromatic carbocycles. The van der Waals surface area contributed by atoms with Crippen LogP contribution in [-0.4, -0.2) is 19.2 Å². The zero-order valence-electron chi connectivity index (χ0n) is 14.5. The van der Waals surface area contributed by atoms with Gasteiger partial charge in [0.2, 0.25) is 0 Å². The first-order valence-corrected chi connectivity index (χ1v) is 12.3. The number of rotatable bonds is 11. The van der Waals surface area contributed by atoms with Gasteiger partial charge in [-0.2, -0.15) is 0 Å². The van der Waals surface area contributed by atoms with Gasteiger partial charge in [0.05, 0.1) is 13.2 Å². The van der Waals surface area contributed by atoms with E-state index in [9.17, 15) is 4.79 Å². The van der Waals surface area contributed by atoms with Crippen LogP contribution in [0.2, 0.25) is 0 Å². The van der Waals surface area contributed by atoms with Crippen molar-refractivity contribution in [3.63, 3.8) is 0 Å². The number of carbonyl (C=O) groups is 1. The first kappa shape index (κ1) is 21.5. The maximum Gasteiger partial charge on any atom is 0.329 e. The third kappa shape index (κ3) is 9.04. The van der Waals surface area contributed by atoms with Crippen LogP contribution in [0.15, 0.2) is 24.3 Å². The van der Waals surface area contributed by atoms with Crippen molar-refractivity contribution in [2.45, 2.75) is 46.5 Å². The number of carbonyl (C=O) groups excluding carboxylic acids is 1. The fraction of sp³-hybridized carbons (Fsp3) is 0.562. The van der Waals surface area contributed by atoms with Gasteiger partial charge in [0.25, 0.3) is 5.69 Å². The summed E-state index contributed by atoms with van der Waals surface area (Å²) < 4.78 is 14.2. The van der Waals surface area contributed by atoms with Gasteiger partial charge in [-0.25, -0.2) is 4.79 Å². The largest absolute Gasteiger partial charge is 0.329 e. The SMILES string of the molecule is CCCCOP(=S)(OCCCC)SNC(=O)Nc1cccc(C)c1. The van der Waals surface area contributed by atoms with Crippen LogP contribution in [-0.2, 0) is 20.9 Å². The molecule has 0 heterocycles. The van der Waals surface area contributed by atoms with Crippen molar-refractivity contribution < 1.29 is 13.8 Å². The van der Waals surface area contributed by atoms with Gasteiger partial charge in [-0.1, -0.05) is 38.8 Å². The van der Waals surface area contributed by atoms with Gasteiger partial charge in [-0.3, -0.25) is 4.72 Å². The molecule has 0 aliphatic rings. The average Bonchev–Trinajstić information content (AvgIpc) is 2.54. The van der Waals surface area contributed by atoms with Crippen molar-refractivity contribution in [2.24, 2.45) is 0 Å². The summed E-state index contributed by atoms with van der Waals surface area (Å²) in [6.45, 7) is 7.25. The molecule has 0 aliphatic carbocycles. The van der Waals surface area contributed by atoms with Crippen molar-refractivity contribution in [3.8, 4) is 0 Å². The lowest BCUT2D eigenvalue weighted by molar-refractivity contribution is 0.251. The molecular formula is C16H27N2O3PS2. The highest BCUT2D eigenvalue weighted by atomic mass is 32.9. The Balaban J connectivity index is 2.52. The van der Waals surface area contributed by atoms with Gasteiger partial charge < -0.3 is 14.4 Å². The second kappa shape index (κ2) is 11.9. The van der Waals surface area contributed by atoms with Crippen molar-refractivity contribution in [1.82, 2.24) is 4.72 Å². The molecular weight excluding hydrogens is 363 g/mol. The van der Waals surface area contributed by atoms with E-state index in [4.69, 9.17) is 20.9 Å². The fourth-order valence-corrected chi connectivity index (χ4v) is 4.97. The Kier molecular flexibility index (Phi) is 10.6. The van der Waals surface area contributed by atoms with Crippen LogP contribution in [0.5, 0.6) is 0 Å². The minimum atomic E-state index is -2.57. The molecule has 1 rings (SSSR count). The Labute approximate surface area is 154 Å². The lowest BCUT2D eigenvalue weighted by Gasteiger charge is -2.21. The third-order valence-electron chi connectivity index (χ3n) is 3.02. The van der Waals surface area contributed by atoms with Gasteiger partial charge in [0.15, 0.2) is 0 Å². The van der Waals surface area contributed by atoms with Crippen LogP contribution < -0.4 is 10.0 Å². The second-order valence-corrected chi connectivity index (χ2v) is 11.3. The van der Waals surface area contributed by atoms with Gasteiger partial charge in [0, 0.05) is 17.3 Å². The molecule has 0 saturated heterocycles. The molecule has 1 aromatic rings. The summed E-state index contributed by atoms with van der Waals surface area (Å²) in [5.74, 6) is 0. The molecule has 0 fully saturated rings. The van der Waals surface area contributed by atoms with Crippen LogP contribution in [0.25, 0.3) is 0 Å². The molecule has 0 aliphatic heterocycles. The van der Waals surface area contributed by atoms with Gasteiger partial charge in [0.1, 0.15) is 0 Å². The average molecular weight is 391 g/mol. The molecule has 0 bridgehead atoms. The van der Waals surface area contributed by atoms with Crippen molar-refractivity contribution in [3.05, 3.63) is 29.8 Å². The minimum Gasteiger partial charge on any atom is -0.321 e. The topological polar surface area (TPSA) is 59.6 Å². The molecule has 8 heteroatoms. The predicted octanol–water partition coefficient (Wildman–Crippen LogP) is 5.62. The van der Waals surface area contributed by atoms with Crippen molar-refractivity contribution in [1.29, 1.82) is 0 Å². The second-order valence-electron chi connectivity index (χ2n) is 5.34. The van der Waals surface area contributed by atoms with Gasteiger partial charge in [-0.15, -0.1) is 0 Å². The van der Waals surface area contributed by atoms with E-state index in [1.54, 1.807) is 0 Å². The smallest absolute Gasteiger partial charge is 0.321 e. The molecule has 0 radical (unpaired) electrons. The Morgan fingerprint density at radius 1 is 1.21 bits per heavy atom. The molecule has 24 heavy (non-hydrogen) atoms. The monoisotopic (exact) mass is 390 g/mol. The number of hydrogen-bond acceptors (Lipinski definition) is 5. The first-order chi connectivity index (χ1) is 11.5. The first-order valence-electron chi connectivity index (χ1n) is 8.20. The molecule has 0 saturated carbocycles. The summed E-state index contributed by atoms with van der Waals surface area (Å²) in [7, 11) is 0. The Bertz CT molecular complexity index is 544. The maximum absolute atomic E-state index is 12.0. The zero-order valence-corrected chi connectivity index (χ0v) is 17.1. The normalized spacial score (nSPS) is 11.3.